The molecule has 0 aliphatic heterocycles. The van der Waals surface area contributed by atoms with Crippen LogP contribution in [0.15, 0.2) is 36.5 Å². The van der Waals surface area contributed by atoms with E-state index in [9.17, 15) is 18.0 Å². The molecule has 0 aliphatic carbocycles. The molecule has 2 rings (SSSR count). The molecule has 2 nitrogen and oxygen atoms in total. The molecule has 0 saturated carbocycles. The van der Waals surface area contributed by atoms with Crippen LogP contribution < -0.4 is 0 Å². The quantitative estimate of drug-likeness (QED) is 0.755. The molecule has 0 N–H and O–H groups in total. The summed E-state index contributed by atoms with van der Waals surface area (Å²) >= 11 is 11.5. The van der Waals surface area contributed by atoms with Crippen molar-refractivity contribution in [3.63, 3.8) is 0 Å². The number of hydrogen-bond donors (Lipinski definition) is 0. The molecule has 0 aliphatic rings. The van der Waals surface area contributed by atoms with Crippen molar-refractivity contribution >= 4 is 29.0 Å². The molecule has 2 aromatic rings. The van der Waals surface area contributed by atoms with Crippen molar-refractivity contribution in [2.45, 2.75) is 6.18 Å². The van der Waals surface area contributed by atoms with Crippen molar-refractivity contribution in [2.24, 2.45) is 0 Å². The second kappa shape index (κ2) is 5.42. The zero-order chi connectivity index (χ0) is 14.9. The molecule has 0 bridgehead atoms. The van der Waals surface area contributed by atoms with E-state index in [1.165, 1.54) is 12.3 Å². The maximum absolute atomic E-state index is 12.4. The predicted molar refractivity (Wildman–Crippen MR) is 69.1 cm³/mol. The van der Waals surface area contributed by atoms with Crippen molar-refractivity contribution < 1.29 is 18.0 Å². The van der Waals surface area contributed by atoms with Gasteiger partial charge in [0, 0.05) is 11.8 Å². The molecule has 0 atom stereocenters. The van der Waals surface area contributed by atoms with Gasteiger partial charge in [-0.25, -0.2) is 4.98 Å². The largest absolute Gasteiger partial charge is 0.416 e. The number of carbonyl (C=O) groups is 1. The lowest BCUT2D eigenvalue weighted by molar-refractivity contribution is -0.137. The van der Waals surface area contributed by atoms with Gasteiger partial charge in [-0.05, 0) is 18.2 Å². The van der Waals surface area contributed by atoms with Crippen LogP contribution in [-0.2, 0) is 6.18 Å². The summed E-state index contributed by atoms with van der Waals surface area (Å²) in [4.78, 5) is 15.9. The normalized spacial score (nSPS) is 11.4. The molecular formula is C13H6Cl2F3NO. The van der Waals surface area contributed by atoms with Crippen LogP contribution in [0, 0.1) is 0 Å². The number of benzene rings is 1. The lowest BCUT2D eigenvalue weighted by Crippen LogP contribution is -2.08. The highest BCUT2D eigenvalue weighted by Crippen LogP contribution is 2.29. The van der Waals surface area contributed by atoms with Gasteiger partial charge >= 0.3 is 6.18 Å². The van der Waals surface area contributed by atoms with E-state index in [-0.39, 0.29) is 21.3 Å². The summed E-state index contributed by atoms with van der Waals surface area (Å²) in [6.07, 6.45) is -3.21. The summed E-state index contributed by atoms with van der Waals surface area (Å²) in [7, 11) is 0. The number of alkyl halides is 3. The summed E-state index contributed by atoms with van der Waals surface area (Å²) in [5, 5.41) is 0.307. The van der Waals surface area contributed by atoms with E-state index in [1.807, 2.05) is 0 Å². The van der Waals surface area contributed by atoms with Crippen LogP contribution in [0.2, 0.25) is 10.0 Å². The molecule has 0 fully saturated rings. The average molecular weight is 320 g/mol. The van der Waals surface area contributed by atoms with Gasteiger partial charge in [0.1, 0.15) is 5.69 Å². The van der Waals surface area contributed by atoms with E-state index >= 15 is 0 Å². The first kappa shape index (κ1) is 14.8. The molecular weight excluding hydrogens is 314 g/mol. The van der Waals surface area contributed by atoms with E-state index in [0.717, 1.165) is 24.3 Å². The predicted octanol–water partition coefficient (Wildman–Crippen LogP) is 4.64. The van der Waals surface area contributed by atoms with E-state index < -0.39 is 17.5 Å². The second-order valence-electron chi connectivity index (χ2n) is 3.89. The summed E-state index contributed by atoms with van der Waals surface area (Å²) in [5.41, 5.74) is -0.824. The molecule has 0 radical (unpaired) electrons. The van der Waals surface area contributed by atoms with Crippen molar-refractivity contribution in [1.29, 1.82) is 0 Å². The Morgan fingerprint density at radius 1 is 1.10 bits per heavy atom. The fourth-order valence-corrected chi connectivity index (χ4v) is 1.99. The minimum absolute atomic E-state index is 0.0439. The fraction of sp³-hybridized carbons (Fsp3) is 0.0769. The van der Waals surface area contributed by atoms with Gasteiger partial charge in [0.2, 0.25) is 5.78 Å². The average Bonchev–Trinajstić information content (AvgIpc) is 2.37. The van der Waals surface area contributed by atoms with E-state index in [0.29, 0.717) is 0 Å². The van der Waals surface area contributed by atoms with Gasteiger partial charge in [0.15, 0.2) is 0 Å². The summed E-state index contributed by atoms with van der Waals surface area (Å²) < 4.78 is 37.3. The van der Waals surface area contributed by atoms with E-state index in [1.54, 1.807) is 0 Å². The highest BCUT2D eigenvalue weighted by molar-refractivity contribution is 6.37. The number of hydrogen-bond acceptors (Lipinski definition) is 2. The first-order valence-electron chi connectivity index (χ1n) is 5.32. The molecule has 1 aromatic carbocycles. The molecule has 1 aromatic heterocycles. The number of rotatable bonds is 2. The highest BCUT2D eigenvalue weighted by atomic mass is 35.5. The number of ketones is 1. The number of nitrogens with zero attached hydrogens (tertiary/aromatic N) is 1. The van der Waals surface area contributed by atoms with Crippen LogP contribution in [0.5, 0.6) is 0 Å². The Bertz CT molecular complexity index is 654. The molecule has 7 heteroatoms. The maximum atomic E-state index is 12.4. The first-order valence-corrected chi connectivity index (χ1v) is 6.07. The zero-order valence-electron chi connectivity index (χ0n) is 9.71. The molecule has 0 spiro atoms. The highest BCUT2D eigenvalue weighted by Gasteiger charge is 2.30. The SMILES string of the molecule is O=C(c1ccc(C(F)(F)F)cc1)c1ncc(Cl)cc1Cl. The topological polar surface area (TPSA) is 30.0 Å². The van der Waals surface area contributed by atoms with Crippen molar-refractivity contribution in [3.05, 3.63) is 63.4 Å². The standard InChI is InChI=1S/C13H6Cl2F3NO/c14-9-5-10(15)11(19-6-9)12(20)7-1-3-8(4-2-7)13(16,17)18/h1-6H. The van der Waals surface area contributed by atoms with Crippen LogP contribution >= 0.6 is 23.2 Å². The Morgan fingerprint density at radius 3 is 2.20 bits per heavy atom. The molecule has 104 valence electrons. The molecule has 0 amide bonds. The molecule has 20 heavy (non-hydrogen) atoms. The van der Waals surface area contributed by atoms with Crippen molar-refractivity contribution in [1.82, 2.24) is 4.98 Å². The van der Waals surface area contributed by atoms with Crippen LogP contribution in [-0.4, -0.2) is 10.8 Å². The first-order chi connectivity index (χ1) is 9.29. The van der Waals surface area contributed by atoms with Crippen LogP contribution in [0.3, 0.4) is 0 Å². The smallest absolute Gasteiger partial charge is 0.287 e. The number of halogens is 5. The summed E-state index contributed by atoms with van der Waals surface area (Å²) in [5.74, 6) is -0.569. The Morgan fingerprint density at radius 2 is 1.70 bits per heavy atom. The molecule has 0 unspecified atom stereocenters. The van der Waals surface area contributed by atoms with Crippen LogP contribution in [0.4, 0.5) is 13.2 Å². The number of carbonyl (C=O) groups excluding carboxylic acids is 1. The zero-order valence-corrected chi connectivity index (χ0v) is 11.2. The molecule has 1 heterocycles. The summed E-state index contributed by atoms with van der Waals surface area (Å²) in [6, 6.07) is 5.16. The minimum Gasteiger partial charge on any atom is -0.287 e. The van der Waals surface area contributed by atoms with Gasteiger partial charge < -0.3 is 0 Å². The van der Waals surface area contributed by atoms with E-state index in [2.05, 4.69) is 4.98 Å². The van der Waals surface area contributed by atoms with Gasteiger partial charge in [0.25, 0.3) is 0 Å². The third kappa shape index (κ3) is 3.11. The van der Waals surface area contributed by atoms with Gasteiger partial charge in [-0.2, -0.15) is 13.2 Å². The summed E-state index contributed by atoms with van der Waals surface area (Å²) in [6.45, 7) is 0. The fourth-order valence-electron chi connectivity index (χ4n) is 1.53. The van der Waals surface area contributed by atoms with Gasteiger partial charge in [-0.15, -0.1) is 0 Å². The number of pyridine rings is 1. The van der Waals surface area contributed by atoms with Gasteiger partial charge in [-0.1, -0.05) is 35.3 Å². The Balaban J connectivity index is 2.34. The van der Waals surface area contributed by atoms with Crippen LogP contribution in [0.1, 0.15) is 21.6 Å². The van der Waals surface area contributed by atoms with Crippen molar-refractivity contribution in [3.8, 4) is 0 Å². The third-order valence-corrected chi connectivity index (χ3v) is 2.99. The van der Waals surface area contributed by atoms with Crippen LogP contribution in [0.25, 0.3) is 0 Å². The third-order valence-electron chi connectivity index (χ3n) is 2.50. The Labute approximate surface area is 122 Å². The molecule has 0 saturated heterocycles. The number of aromatic nitrogens is 1. The monoisotopic (exact) mass is 319 g/mol. The van der Waals surface area contributed by atoms with Gasteiger partial charge in [0.05, 0.1) is 15.6 Å². The lowest BCUT2D eigenvalue weighted by atomic mass is 10.1. The second-order valence-corrected chi connectivity index (χ2v) is 4.73. The van der Waals surface area contributed by atoms with Crippen molar-refractivity contribution in [2.75, 3.05) is 0 Å². The van der Waals surface area contributed by atoms with E-state index in [4.69, 9.17) is 23.2 Å². The Kier molecular flexibility index (Phi) is 4.01. The Hall–Kier alpha value is -1.59. The minimum atomic E-state index is -4.45. The maximum Gasteiger partial charge on any atom is 0.416 e. The van der Waals surface area contributed by atoms with Gasteiger partial charge in [-0.3, -0.25) is 4.79 Å². The lowest BCUT2D eigenvalue weighted by Gasteiger charge is -2.07.